The van der Waals surface area contributed by atoms with E-state index in [1.807, 2.05) is 13.8 Å². The quantitative estimate of drug-likeness (QED) is 0.819. The van der Waals surface area contributed by atoms with Crippen LogP contribution in [0.5, 0.6) is 0 Å². The Bertz CT molecular complexity index is 683. The van der Waals surface area contributed by atoms with Gasteiger partial charge in [0.25, 0.3) is 5.56 Å². The molecule has 2 rings (SSSR count). The maximum atomic E-state index is 11.9. The van der Waals surface area contributed by atoms with E-state index in [0.29, 0.717) is 12.1 Å². The second kappa shape index (κ2) is 5.09. The zero-order chi connectivity index (χ0) is 14.0. The molecule has 19 heavy (non-hydrogen) atoms. The molecule has 0 saturated heterocycles. The first kappa shape index (κ1) is 13.1. The standard InChI is InChI=1S/C13H16N4O2/c1-8(2)6-9(3)13(19)16-10-7-12(18)17-11(15-10)4-5-14-17/h4-5,7,9,14H,1,6H2,2-3H3,(H,16,19). The number of hydrogen-bond acceptors (Lipinski definition) is 3. The van der Waals surface area contributed by atoms with Crippen LogP contribution in [0.3, 0.4) is 0 Å². The van der Waals surface area contributed by atoms with Crippen LogP contribution in [-0.4, -0.2) is 20.5 Å². The van der Waals surface area contributed by atoms with Gasteiger partial charge in [0.1, 0.15) is 5.82 Å². The van der Waals surface area contributed by atoms with Crippen molar-refractivity contribution < 1.29 is 4.79 Å². The van der Waals surface area contributed by atoms with Gasteiger partial charge in [0, 0.05) is 24.2 Å². The molecule has 0 spiro atoms. The van der Waals surface area contributed by atoms with Crippen LogP contribution in [0.25, 0.3) is 5.65 Å². The third kappa shape index (κ3) is 2.90. The summed E-state index contributed by atoms with van der Waals surface area (Å²) in [5.41, 5.74) is 1.14. The molecule has 2 aromatic rings. The minimum atomic E-state index is -0.266. The number of carbonyl (C=O) groups excluding carboxylic acids is 1. The van der Waals surface area contributed by atoms with Crippen LogP contribution >= 0.6 is 0 Å². The number of amides is 1. The molecule has 1 unspecified atom stereocenters. The van der Waals surface area contributed by atoms with Crippen molar-refractivity contribution in [3.8, 4) is 0 Å². The van der Waals surface area contributed by atoms with Crippen molar-refractivity contribution in [3.05, 3.63) is 40.8 Å². The number of aromatic nitrogens is 3. The van der Waals surface area contributed by atoms with E-state index in [0.717, 1.165) is 5.57 Å². The van der Waals surface area contributed by atoms with Crippen LogP contribution < -0.4 is 10.9 Å². The highest BCUT2D eigenvalue weighted by Gasteiger charge is 2.14. The molecule has 0 aromatic carbocycles. The van der Waals surface area contributed by atoms with Crippen molar-refractivity contribution >= 4 is 17.4 Å². The van der Waals surface area contributed by atoms with Gasteiger partial charge in [0.15, 0.2) is 5.65 Å². The number of fused-ring (bicyclic) bond motifs is 1. The molecular formula is C13H16N4O2. The highest BCUT2D eigenvalue weighted by atomic mass is 16.2. The van der Waals surface area contributed by atoms with E-state index in [1.165, 1.54) is 10.6 Å². The molecule has 6 heteroatoms. The summed E-state index contributed by atoms with van der Waals surface area (Å²) in [5.74, 6) is -0.109. The molecule has 2 aromatic heterocycles. The Kier molecular flexibility index (Phi) is 3.50. The van der Waals surface area contributed by atoms with Gasteiger partial charge in [0.05, 0.1) is 0 Å². The largest absolute Gasteiger partial charge is 0.310 e. The molecule has 1 amide bonds. The van der Waals surface area contributed by atoms with Crippen LogP contribution in [0.2, 0.25) is 0 Å². The molecule has 0 fully saturated rings. The van der Waals surface area contributed by atoms with Crippen molar-refractivity contribution in [2.45, 2.75) is 20.3 Å². The summed E-state index contributed by atoms with van der Waals surface area (Å²) in [6.45, 7) is 7.47. The smallest absolute Gasteiger partial charge is 0.274 e. The minimum Gasteiger partial charge on any atom is -0.310 e. The van der Waals surface area contributed by atoms with Crippen molar-refractivity contribution in [2.75, 3.05) is 5.32 Å². The average Bonchev–Trinajstić information content (AvgIpc) is 2.76. The molecule has 0 aliphatic heterocycles. The molecule has 0 aliphatic rings. The van der Waals surface area contributed by atoms with E-state index >= 15 is 0 Å². The fraction of sp³-hybridized carbons (Fsp3) is 0.308. The van der Waals surface area contributed by atoms with Crippen molar-refractivity contribution in [2.24, 2.45) is 5.92 Å². The lowest BCUT2D eigenvalue weighted by Crippen LogP contribution is -2.23. The number of allylic oxidation sites excluding steroid dienone is 1. The summed E-state index contributed by atoms with van der Waals surface area (Å²) in [7, 11) is 0. The van der Waals surface area contributed by atoms with Crippen LogP contribution in [0, 0.1) is 5.92 Å². The van der Waals surface area contributed by atoms with Crippen LogP contribution in [-0.2, 0) is 4.79 Å². The summed E-state index contributed by atoms with van der Waals surface area (Å²) in [4.78, 5) is 27.8. The van der Waals surface area contributed by atoms with Gasteiger partial charge in [-0.15, -0.1) is 6.58 Å². The Balaban J connectivity index is 2.19. The fourth-order valence-electron chi connectivity index (χ4n) is 1.86. The number of anilines is 1. The number of nitrogens with one attached hydrogen (secondary N) is 2. The zero-order valence-corrected chi connectivity index (χ0v) is 10.9. The Hall–Kier alpha value is -2.37. The maximum Gasteiger partial charge on any atom is 0.274 e. The van der Waals surface area contributed by atoms with E-state index in [2.05, 4.69) is 22.0 Å². The third-order valence-corrected chi connectivity index (χ3v) is 2.73. The van der Waals surface area contributed by atoms with Gasteiger partial charge in [-0.25, -0.2) is 9.50 Å². The third-order valence-electron chi connectivity index (χ3n) is 2.73. The summed E-state index contributed by atoms with van der Waals surface area (Å²) in [5, 5.41) is 5.39. The first-order valence-electron chi connectivity index (χ1n) is 6.00. The predicted octanol–water partition coefficient (Wildman–Crippen LogP) is 1.56. The van der Waals surface area contributed by atoms with Crippen molar-refractivity contribution in [1.29, 1.82) is 0 Å². The number of rotatable bonds is 4. The number of carbonyl (C=O) groups is 1. The van der Waals surface area contributed by atoms with E-state index in [-0.39, 0.29) is 23.2 Å². The monoisotopic (exact) mass is 260 g/mol. The molecule has 1 atom stereocenters. The van der Waals surface area contributed by atoms with E-state index in [4.69, 9.17) is 0 Å². The predicted molar refractivity (Wildman–Crippen MR) is 73.0 cm³/mol. The summed E-state index contributed by atoms with van der Waals surface area (Å²) < 4.78 is 1.30. The highest BCUT2D eigenvalue weighted by molar-refractivity contribution is 5.91. The van der Waals surface area contributed by atoms with Gasteiger partial charge < -0.3 is 5.32 Å². The van der Waals surface area contributed by atoms with Gasteiger partial charge in [-0.2, -0.15) is 0 Å². The van der Waals surface area contributed by atoms with Gasteiger partial charge in [-0.3, -0.25) is 14.7 Å². The fourth-order valence-corrected chi connectivity index (χ4v) is 1.86. The Morgan fingerprint density at radius 3 is 3.05 bits per heavy atom. The van der Waals surface area contributed by atoms with Gasteiger partial charge in [-0.1, -0.05) is 12.5 Å². The van der Waals surface area contributed by atoms with Crippen molar-refractivity contribution in [1.82, 2.24) is 14.6 Å². The SMILES string of the molecule is C=C(C)CC(C)C(=O)Nc1cc(=O)n2[nH]ccc2n1. The summed E-state index contributed by atoms with van der Waals surface area (Å²) >= 11 is 0. The topological polar surface area (TPSA) is 79.3 Å². The molecule has 0 saturated carbocycles. The molecule has 0 radical (unpaired) electrons. The first-order valence-corrected chi connectivity index (χ1v) is 6.00. The summed E-state index contributed by atoms with van der Waals surface area (Å²) in [6, 6.07) is 2.95. The van der Waals surface area contributed by atoms with Crippen LogP contribution in [0.15, 0.2) is 35.3 Å². The lowest BCUT2D eigenvalue weighted by atomic mass is 10.0. The van der Waals surface area contributed by atoms with E-state index < -0.39 is 0 Å². The van der Waals surface area contributed by atoms with E-state index in [1.54, 1.807) is 12.3 Å². The molecular weight excluding hydrogens is 244 g/mol. The number of nitrogens with zero attached hydrogens (tertiary/aromatic N) is 2. The normalized spacial score (nSPS) is 12.3. The number of hydrogen-bond donors (Lipinski definition) is 2. The average molecular weight is 260 g/mol. The highest BCUT2D eigenvalue weighted by Crippen LogP contribution is 2.11. The van der Waals surface area contributed by atoms with Gasteiger partial charge in [0.2, 0.25) is 5.91 Å². The molecule has 6 nitrogen and oxygen atoms in total. The second-order valence-corrected chi connectivity index (χ2v) is 4.69. The van der Waals surface area contributed by atoms with Crippen LogP contribution in [0.1, 0.15) is 20.3 Å². The van der Waals surface area contributed by atoms with Gasteiger partial charge in [-0.05, 0) is 13.3 Å². The Morgan fingerprint density at radius 1 is 1.63 bits per heavy atom. The summed E-state index contributed by atoms with van der Waals surface area (Å²) in [6.07, 6.45) is 2.22. The van der Waals surface area contributed by atoms with Gasteiger partial charge >= 0.3 is 0 Å². The molecule has 2 heterocycles. The number of aromatic amines is 1. The van der Waals surface area contributed by atoms with Crippen LogP contribution in [0.4, 0.5) is 5.82 Å². The first-order chi connectivity index (χ1) is 8.97. The lowest BCUT2D eigenvalue weighted by molar-refractivity contribution is -0.119. The Labute approximate surface area is 110 Å². The number of H-pyrrole nitrogens is 1. The zero-order valence-electron chi connectivity index (χ0n) is 10.9. The molecule has 2 N–H and O–H groups in total. The molecule has 0 aliphatic carbocycles. The molecule has 100 valence electrons. The van der Waals surface area contributed by atoms with Crippen molar-refractivity contribution in [3.63, 3.8) is 0 Å². The second-order valence-electron chi connectivity index (χ2n) is 4.69. The molecule has 0 bridgehead atoms. The lowest BCUT2D eigenvalue weighted by Gasteiger charge is -2.11. The maximum absolute atomic E-state index is 11.9. The Morgan fingerprint density at radius 2 is 2.37 bits per heavy atom. The van der Waals surface area contributed by atoms with E-state index in [9.17, 15) is 9.59 Å². The minimum absolute atomic E-state index is 0.171.